The summed E-state index contributed by atoms with van der Waals surface area (Å²) in [7, 11) is -3.89. The van der Waals surface area contributed by atoms with Gasteiger partial charge in [-0.2, -0.15) is 4.98 Å². The highest BCUT2D eigenvalue weighted by molar-refractivity contribution is 7.90. The van der Waals surface area contributed by atoms with Gasteiger partial charge in [-0.25, -0.2) is 22.2 Å². The number of amides is 1. The van der Waals surface area contributed by atoms with Crippen molar-refractivity contribution in [1.82, 2.24) is 23.7 Å². The predicted molar refractivity (Wildman–Crippen MR) is 164 cm³/mol. The first-order chi connectivity index (χ1) is 20.2. The molecule has 216 valence electrons. The van der Waals surface area contributed by atoms with Crippen molar-refractivity contribution in [1.29, 1.82) is 0 Å². The number of aryl methyl sites for hydroxylation is 2. The number of carboxylic acid groups (broad SMARTS) is 1. The Morgan fingerprint density at radius 1 is 0.952 bits per heavy atom. The molecule has 10 nitrogen and oxygen atoms in total. The average Bonchev–Trinajstić information content (AvgIpc) is 3.61. The Morgan fingerprint density at radius 2 is 1.67 bits per heavy atom. The molecule has 0 radical (unpaired) electrons. The third-order valence-electron chi connectivity index (χ3n) is 7.31. The number of carbonyl (C=O) groups is 1. The van der Waals surface area contributed by atoms with Crippen molar-refractivity contribution in [3.63, 3.8) is 0 Å². The van der Waals surface area contributed by atoms with Gasteiger partial charge in [-0.15, -0.1) is 11.3 Å². The summed E-state index contributed by atoms with van der Waals surface area (Å²) in [5, 5.41) is 15.1. The molecule has 2 aromatic carbocycles. The molecule has 0 atom stereocenters. The van der Waals surface area contributed by atoms with Gasteiger partial charge in [-0.05, 0) is 66.8 Å². The van der Waals surface area contributed by atoms with Gasteiger partial charge in [0.05, 0.1) is 15.5 Å². The molecule has 2 N–H and O–H groups in total. The highest BCUT2D eigenvalue weighted by atomic mass is 32.2. The van der Waals surface area contributed by atoms with Gasteiger partial charge in [0, 0.05) is 50.0 Å². The molecular formula is C30H30N6O4S2. The van der Waals surface area contributed by atoms with E-state index in [0.29, 0.717) is 48.9 Å². The van der Waals surface area contributed by atoms with Crippen molar-refractivity contribution in [2.24, 2.45) is 0 Å². The predicted octanol–water partition coefficient (Wildman–Crippen LogP) is 5.55. The van der Waals surface area contributed by atoms with Crippen LogP contribution < -0.4 is 5.32 Å². The van der Waals surface area contributed by atoms with E-state index in [2.05, 4.69) is 15.2 Å². The summed E-state index contributed by atoms with van der Waals surface area (Å²) < 4.78 is 28.5. The monoisotopic (exact) mass is 602 g/mol. The zero-order valence-corrected chi connectivity index (χ0v) is 24.8. The van der Waals surface area contributed by atoms with Crippen LogP contribution in [0, 0.1) is 13.8 Å². The van der Waals surface area contributed by atoms with Crippen molar-refractivity contribution in [2.45, 2.75) is 25.3 Å². The molecule has 1 aliphatic rings. The minimum atomic E-state index is -3.89. The smallest absolute Gasteiger partial charge is 0.407 e. The van der Waals surface area contributed by atoms with Crippen molar-refractivity contribution in [3.05, 3.63) is 88.9 Å². The normalized spacial score (nSPS) is 14.4. The fourth-order valence-corrected chi connectivity index (χ4v) is 7.18. The molecule has 12 heteroatoms. The first kappa shape index (κ1) is 27.9. The number of thiophene rings is 1. The number of nitrogens with one attached hydrogen (secondary N) is 1. The summed E-state index contributed by atoms with van der Waals surface area (Å²) in [5.41, 5.74) is 4.90. The molecule has 4 heterocycles. The van der Waals surface area contributed by atoms with Crippen LogP contribution in [0.3, 0.4) is 0 Å². The van der Waals surface area contributed by atoms with Crippen LogP contribution >= 0.6 is 11.3 Å². The van der Waals surface area contributed by atoms with E-state index in [4.69, 9.17) is 4.98 Å². The maximum absolute atomic E-state index is 13.6. The highest BCUT2D eigenvalue weighted by Gasteiger charge is 2.23. The lowest BCUT2D eigenvalue weighted by Crippen LogP contribution is -2.47. The molecule has 6 rings (SSSR count). The van der Waals surface area contributed by atoms with Crippen molar-refractivity contribution in [3.8, 4) is 10.6 Å². The molecule has 0 aliphatic carbocycles. The number of benzene rings is 2. The summed E-state index contributed by atoms with van der Waals surface area (Å²) in [4.78, 5) is 25.4. The number of aromatic nitrogens is 3. The maximum atomic E-state index is 13.6. The first-order valence-electron chi connectivity index (χ1n) is 13.5. The minimum absolute atomic E-state index is 0.187. The first-order valence-corrected chi connectivity index (χ1v) is 15.8. The molecule has 42 heavy (non-hydrogen) atoms. The van der Waals surface area contributed by atoms with Crippen LogP contribution in [0.25, 0.3) is 21.6 Å². The Balaban J connectivity index is 1.30. The Morgan fingerprint density at radius 3 is 2.31 bits per heavy atom. The van der Waals surface area contributed by atoms with E-state index in [9.17, 15) is 18.3 Å². The van der Waals surface area contributed by atoms with Gasteiger partial charge in [-0.1, -0.05) is 29.8 Å². The second kappa shape index (κ2) is 11.2. The molecule has 0 saturated carbocycles. The maximum Gasteiger partial charge on any atom is 0.407 e. The molecular weight excluding hydrogens is 573 g/mol. The van der Waals surface area contributed by atoms with Crippen LogP contribution in [-0.2, 0) is 16.6 Å². The quantitative estimate of drug-likeness (QED) is 0.249. The third kappa shape index (κ3) is 5.60. The molecule has 0 unspecified atom stereocenters. The SMILES string of the molecule is Cc1ccc(S(=O)(=O)n2ccc3c(-c4cc(C)cs4)nc(Nc4ccc(CN5CCN(C(=O)O)CC5)cc4)nc32)cc1. The number of rotatable bonds is 7. The van der Waals surface area contributed by atoms with Gasteiger partial charge in [0.1, 0.15) is 0 Å². The van der Waals surface area contributed by atoms with Crippen LogP contribution in [0.15, 0.2) is 77.1 Å². The molecule has 1 aliphatic heterocycles. The molecule has 1 fully saturated rings. The van der Waals surface area contributed by atoms with Crippen molar-refractivity contribution in [2.75, 3.05) is 31.5 Å². The third-order valence-corrected chi connectivity index (χ3v) is 10.0. The lowest BCUT2D eigenvalue weighted by Gasteiger charge is -2.33. The van der Waals surface area contributed by atoms with Crippen molar-refractivity contribution >= 4 is 50.1 Å². The Bertz CT molecular complexity index is 1860. The summed E-state index contributed by atoms with van der Waals surface area (Å²) in [6.07, 6.45) is 0.663. The molecule has 0 spiro atoms. The highest BCUT2D eigenvalue weighted by Crippen LogP contribution is 2.34. The molecule has 0 bridgehead atoms. The summed E-state index contributed by atoms with van der Waals surface area (Å²) in [6.45, 7) is 7.04. The van der Waals surface area contributed by atoms with Gasteiger partial charge in [0.25, 0.3) is 10.0 Å². The van der Waals surface area contributed by atoms with E-state index in [-0.39, 0.29) is 4.90 Å². The average molecular weight is 603 g/mol. The number of nitrogens with zero attached hydrogens (tertiary/aromatic N) is 5. The van der Waals surface area contributed by atoms with Gasteiger partial charge in [0.2, 0.25) is 5.95 Å². The Hall–Kier alpha value is -4.26. The fourth-order valence-electron chi connectivity index (χ4n) is 4.99. The van der Waals surface area contributed by atoms with E-state index < -0.39 is 16.1 Å². The number of fused-ring (bicyclic) bond motifs is 1. The lowest BCUT2D eigenvalue weighted by molar-refractivity contribution is 0.103. The summed E-state index contributed by atoms with van der Waals surface area (Å²) in [6, 6.07) is 18.5. The summed E-state index contributed by atoms with van der Waals surface area (Å²) >= 11 is 1.55. The van der Waals surface area contributed by atoms with Gasteiger partial charge in [-0.3, -0.25) is 4.90 Å². The standard InChI is InChI=1S/C30H30N6O4S2/c1-20-3-9-24(10-4-20)42(39,40)36-12-11-25-27(26-17-21(2)19-41-26)32-29(33-28(25)36)31-23-7-5-22(6-8-23)18-34-13-15-35(16-14-34)30(37)38/h3-12,17,19H,13-16,18H2,1-2H3,(H,37,38)(H,31,32,33). The van der Waals surface area contributed by atoms with Crippen LogP contribution in [0.5, 0.6) is 0 Å². The number of anilines is 2. The minimum Gasteiger partial charge on any atom is -0.465 e. The van der Waals surface area contributed by atoms with E-state index in [1.165, 1.54) is 15.1 Å². The zero-order chi connectivity index (χ0) is 29.4. The molecule has 1 amide bonds. The number of piperazine rings is 1. The van der Waals surface area contributed by atoms with E-state index in [0.717, 1.165) is 33.8 Å². The largest absolute Gasteiger partial charge is 0.465 e. The van der Waals surface area contributed by atoms with Crippen LogP contribution in [-0.4, -0.2) is 69.5 Å². The second-order valence-corrected chi connectivity index (χ2v) is 13.1. The van der Waals surface area contributed by atoms with E-state index in [1.807, 2.05) is 49.6 Å². The Labute approximate surface area is 247 Å². The van der Waals surface area contributed by atoms with Crippen LogP contribution in [0.1, 0.15) is 16.7 Å². The van der Waals surface area contributed by atoms with Crippen LogP contribution in [0.4, 0.5) is 16.4 Å². The molecule has 1 saturated heterocycles. The zero-order valence-electron chi connectivity index (χ0n) is 23.2. The number of hydrogen-bond donors (Lipinski definition) is 2. The van der Waals surface area contributed by atoms with E-state index in [1.54, 1.807) is 41.7 Å². The molecule has 5 aromatic rings. The topological polar surface area (TPSA) is 121 Å². The van der Waals surface area contributed by atoms with Gasteiger partial charge >= 0.3 is 6.09 Å². The summed E-state index contributed by atoms with van der Waals surface area (Å²) in [5.74, 6) is 0.292. The van der Waals surface area contributed by atoms with Gasteiger partial charge < -0.3 is 15.3 Å². The van der Waals surface area contributed by atoms with Crippen molar-refractivity contribution < 1.29 is 18.3 Å². The van der Waals surface area contributed by atoms with E-state index >= 15 is 0 Å². The van der Waals surface area contributed by atoms with Crippen LogP contribution in [0.2, 0.25) is 0 Å². The van der Waals surface area contributed by atoms with Gasteiger partial charge in [0.15, 0.2) is 5.65 Å². The second-order valence-electron chi connectivity index (χ2n) is 10.4. The number of hydrogen-bond acceptors (Lipinski definition) is 8. The Kier molecular flexibility index (Phi) is 7.43. The fraction of sp³-hybridized carbons (Fsp3) is 0.233. The molecule has 3 aromatic heterocycles. The lowest BCUT2D eigenvalue weighted by atomic mass is 10.2.